The van der Waals surface area contributed by atoms with Crippen LogP contribution in [0.25, 0.3) is 10.2 Å². The number of thiazole rings is 1. The first kappa shape index (κ1) is 16.2. The predicted molar refractivity (Wildman–Crippen MR) is 86.7 cm³/mol. The molecular weight excluding hydrogens is 308 g/mol. The third-order valence-corrected chi connectivity index (χ3v) is 4.28. The molecule has 0 aliphatic carbocycles. The second kappa shape index (κ2) is 6.30. The molecule has 0 aliphatic heterocycles. The van der Waals surface area contributed by atoms with Crippen molar-refractivity contribution in [2.24, 2.45) is 10.4 Å². The van der Waals surface area contributed by atoms with Crippen molar-refractivity contribution in [3.63, 3.8) is 0 Å². The SMILES string of the molecule is COCCn1c(=NC(=O)C(C)(C)C)sc2cc(Cl)ccc21. The molecular formula is C15H19ClN2O2S. The summed E-state index contributed by atoms with van der Waals surface area (Å²) in [4.78, 5) is 17.2. The second-order valence-electron chi connectivity index (χ2n) is 5.81. The zero-order valence-corrected chi connectivity index (χ0v) is 14.2. The third kappa shape index (κ3) is 3.73. The van der Waals surface area contributed by atoms with E-state index < -0.39 is 5.41 Å². The molecule has 0 atom stereocenters. The van der Waals surface area contributed by atoms with E-state index >= 15 is 0 Å². The Hall–Kier alpha value is -1.17. The Balaban J connectivity index is 2.61. The smallest absolute Gasteiger partial charge is 0.253 e. The average Bonchev–Trinajstić information content (AvgIpc) is 2.71. The number of aromatic nitrogens is 1. The van der Waals surface area contributed by atoms with Crippen LogP contribution in [0.3, 0.4) is 0 Å². The molecule has 1 aromatic heterocycles. The summed E-state index contributed by atoms with van der Waals surface area (Å²) >= 11 is 7.51. The first-order chi connectivity index (χ1) is 9.82. The van der Waals surface area contributed by atoms with E-state index in [1.807, 2.05) is 43.5 Å². The quantitative estimate of drug-likeness (QED) is 0.866. The molecule has 0 saturated heterocycles. The Bertz CT molecular complexity index is 725. The van der Waals surface area contributed by atoms with Crippen LogP contribution < -0.4 is 4.80 Å². The van der Waals surface area contributed by atoms with Crippen molar-refractivity contribution in [1.29, 1.82) is 0 Å². The number of hydrogen-bond donors (Lipinski definition) is 0. The van der Waals surface area contributed by atoms with E-state index in [-0.39, 0.29) is 5.91 Å². The number of carbonyl (C=O) groups excluding carboxylic acids is 1. The number of hydrogen-bond acceptors (Lipinski definition) is 3. The standard InChI is InChI=1S/C15H19ClN2O2S/c1-15(2,3)13(19)17-14-18(7-8-20-4)11-6-5-10(16)9-12(11)21-14/h5-6,9H,7-8H2,1-4H3. The molecule has 6 heteroatoms. The van der Waals surface area contributed by atoms with E-state index in [1.54, 1.807) is 7.11 Å². The Labute approximate surface area is 133 Å². The predicted octanol–water partition coefficient (Wildman–Crippen LogP) is 3.48. The van der Waals surface area contributed by atoms with Crippen molar-refractivity contribution in [3.8, 4) is 0 Å². The largest absolute Gasteiger partial charge is 0.383 e. The van der Waals surface area contributed by atoms with Crippen molar-refractivity contribution in [1.82, 2.24) is 4.57 Å². The number of rotatable bonds is 3. The van der Waals surface area contributed by atoms with Gasteiger partial charge in [0.1, 0.15) is 0 Å². The Kier molecular flexibility index (Phi) is 4.86. The highest BCUT2D eigenvalue weighted by Gasteiger charge is 2.21. The fourth-order valence-corrected chi connectivity index (χ4v) is 3.12. The molecule has 114 valence electrons. The van der Waals surface area contributed by atoms with Gasteiger partial charge in [0.25, 0.3) is 5.91 Å². The van der Waals surface area contributed by atoms with Crippen molar-refractivity contribution >= 4 is 39.1 Å². The maximum atomic E-state index is 12.2. The lowest BCUT2D eigenvalue weighted by molar-refractivity contribution is -0.125. The maximum absolute atomic E-state index is 12.2. The molecule has 2 rings (SSSR count). The van der Waals surface area contributed by atoms with Crippen molar-refractivity contribution in [3.05, 3.63) is 28.0 Å². The van der Waals surface area contributed by atoms with E-state index in [1.165, 1.54) is 11.3 Å². The molecule has 0 saturated carbocycles. The van der Waals surface area contributed by atoms with E-state index in [0.29, 0.717) is 23.0 Å². The fourth-order valence-electron chi connectivity index (χ4n) is 1.79. The number of nitrogens with zero attached hydrogens (tertiary/aromatic N) is 2. The summed E-state index contributed by atoms with van der Waals surface area (Å²) in [5, 5.41) is 0.677. The van der Waals surface area contributed by atoms with Gasteiger partial charge in [-0.15, -0.1) is 0 Å². The molecule has 2 aromatic rings. The van der Waals surface area contributed by atoms with Gasteiger partial charge in [-0.05, 0) is 18.2 Å². The van der Waals surface area contributed by atoms with Crippen LogP contribution in [0, 0.1) is 5.41 Å². The molecule has 0 aliphatic rings. The van der Waals surface area contributed by atoms with E-state index in [9.17, 15) is 4.79 Å². The van der Waals surface area contributed by atoms with Gasteiger partial charge < -0.3 is 9.30 Å². The van der Waals surface area contributed by atoms with Crippen LogP contribution in [-0.4, -0.2) is 24.2 Å². The number of methoxy groups -OCH3 is 1. The molecule has 1 aromatic carbocycles. The van der Waals surface area contributed by atoms with Crippen molar-refractivity contribution < 1.29 is 9.53 Å². The first-order valence-corrected chi connectivity index (χ1v) is 7.89. The molecule has 1 heterocycles. The van der Waals surface area contributed by atoms with Gasteiger partial charge in [-0.2, -0.15) is 4.99 Å². The van der Waals surface area contributed by atoms with Crippen LogP contribution in [-0.2, 0) is 16.1 Å². The van der Waals surface area contributed by atoms with E-state index in [0.717, 1.165) is 10.2 Å². The molecule has 1 amide bonds. The number of benzene rings is 1. The van der Waals surface area contributed by atoms with Crippen LogP contribution in [0.15, 0.2) is 23.2 Å². The second-order valence-corrected chi connectivity index (χ2v) is 7.25. The molecule has 0 N–H and O–H groups in total. The average molecular weight is 327 g/mol. The molecule has 4 nitrogen and oxygen atoms in total. The first-order valence-electron chi connectivity index (χ1n) is 6.70. The van der Waals surface area contributed by atoms with Crippen molar-refractivity contribution in [2.45, 2.75) is 27.3 Å². The normalized spacial score (nSPS) is 13.1. The van der Waals surface area contributed by atoms with Gasteiger partial charge in [-0.3, -0.25) is 4.79 Å². The zero-order chi connectivity index (χ0) is 15.6. The molecule has 21 heavy (non-hydrogen) atoms. The highest BCUT2D eigenvalue weighted by molar-refractivity contribution is 7.16. The van der Waals surface area contributed by atoms with Crippen LogP contribution in [0.5, 0.6) is 0 Å². The summed E-state index contributed by atoms with van der Waals surface area (Å²) in [6, 6.07) is 5.69. The summed E-state index contributed by atoms with van der Waals surface area (Å²) in [6.07, 6.45) is 0. The van der Waals surface area contributed by atoms with Crippen LogP contribution in [0.2, 0.25) is 5.02 Å². The summed E-state index contributed by atoms with van der Waals surface area (Å²) in [7, 11) is 1.66. The summed E-state index contributed by atoms with van der Waals surface area (Å²) in [5.41, 5.74) is 0.523. The van der Waals surface area contributed by atoms with Crippen molar-refractivity contribution in [2.75, 3.05) is 13.7 Å². The maximum Gasteiger partial charge on any atom is 0.253 e. The third-order valence-electron chi connectivity index (χ3n) is 3.00. The van der Waals surface area contributed by atoms with Gasteiger partial charge in [0.15, 0.2) is 4.80 Å². The summed E-state index contributed by atoms with van der Waals surface area (Å²) in [5.74, 6) is -0.133. The zero-order valence-electron chi connectivity index (χ0n) is 12.6. The summed E-state index contributed by atoms with van der Waals surface area (Å²) < 4.78 is 8.16. The molecule has 0 bridgehead atoms. The minimum atomic E-state index is -0.493. The van der Waals surface area contributed by atoms with Crippen LogP contribution in [0.1, 0.15) is 20.8 Å². The summed E-state index contributed by atoms with van der Waals surface area (Å²) in [6.45, 7) is 6.80. The van der Waals surface area contributed by atoms with Gasteiger partial charge in [0, 0.05) is 24.1 Å². The Morgan fingerprint density at radius 1 is 1.43 bits per heavy atom. The van der Waals surface area contributed by atoms with Gasteiger partial charge in [-0.1, -0.05) is 43.7 Å². The number of carbonyl (C=O) groups is 1. The molecule has 0 radical (unpaired) electrons. The highest BCUT2D eigenvalue weighted by atomic mass is 35.5. The topological polar surface area (TPSA) is 43.6 Å². The lowest BCUT2D eigenvalue weighted by Crippen LogP contribution is -2.24. The van der Waals surface area contributed by atoms with Gasteiger partial charge in [0.05, 0.1) is 16.8 Å². The Morgan fingerprint density at radius 3 is 2.76 bits per heavy atom. The van der Waals surface area contributed by atoms with E-state index in [2.05, 4.69) is 4.99 Å². The minimum Gasteiger partial charge on any atom is -0.383 e. The molecule has 0 spiro atoms. The van der Waals surface area contributed by atoms with Gasteiger partial charge in [-0.25, -0.2) is 0 Å². The van der Waals surface area contributed by atoms with Gasteiger partial charge in [0.2, 0.25) is 0 Å². The number of halogens is 1. The van der Waals surface area contributed by atoms with Crippen LogP contribution >= 0.6 is 22.9 Å². The number of ether oxygens (including phenoxy) is 1. The number of fused-ring (bicyclic) bond motifs is 1. The van der Waals surface area contributed by atoms with Crippen LogP contribution in [0.4, 0.5) is 0 Å². The molecule has 0 unspecified atom stereocenters. The van der Waals surface area contributed by atoms with Gasteiger partial charge >= 0.3 is 0 Å². The number of amides is 1. The highest BCUT2D eigenvalue weighted by Crippen LogP contribution is 2.22. The lowest BCUT2D eigenvalue weighted by atomic mass is 9.96. The van der Waals surface area contributed by atoms with E-state index in [4.69, 9.17) is 16.3 Å². The monoisotopic (exact) mass is 326 g/mol. The fraction of sp³-hybridized carbons (Fsp3) is 0.467. The minimum absolute atomic E-state index is 0.133. The Morgan fingerprint density at radius 2 is 2.14 bits per heavy atom. The molecule has 0 fully saturated rings. The lowest BCUT2D eigenvalue weighted by Gasteiger charge is -2.12.